The Hall–Kier alpha value is -3.13. The van der Waals surface area contributed by atoms with E-state index in [-0.39, 0.29) is 16.3 Å². The van der Waals surface area contributed by atoms with Crippen LogP contribution in [0, 0.1) is 6.92 Å². The molecule has 3 aromatic rings. The average Bonchev–Trinajstić information content (AvgIpc) is 2.76. The molecule has 3 aromatic carbocycles. The molecule has 3 rings (SSSR count). The molecule has 0 aliphatic rings. The van der Waals surface area contributed by atoms with Gasteiger partial charge in [-0.3, -0.25) is 5.43 Å². The standard InChI is InChI=1S/C23H19Cl2N3O3S/c1-14-4-3-5-17(10-14)27-23(32)28-26-13-15-6-9-20(21(11-15)30-2)31-22(29)16-7-8-18(24)19(25)12-16/h3-13H,1-2H3,(H2,27,28,32). The lowest BCUT2D eigenvalue weighted by Crippen LogP contribution is -2.23. The number of ether oxygens (including phenoxy) is 2. The third kappa shape index (κ3) is 6.43. The molecule has 0 saturated carbocycles. The predicted octanol–water partition coefficient (Wildman–Crippen LogP) is 5.85. The van der Waals surface area contributed by atoms with Gasteiger partial charge < -0.3 is 14.8 Å². The van der Waals surface area contributed by atoms with Crippen molar-refractivity contribution in [3.63, 3.8) is 0 Å². The monoisotopic (exact) mass is 487 g/mol. The van der Waals surface area contributed by atoms with Gasteiger partial charge in [0.25, 0.3) is 0 Å². The summed E-state index contributed by atoms with van der Waals surface area (Å²) in [5, 5.41) is 8.15. The number of hydrogen-bond acceptors (Lipinski definition) is 5. The largest absolute Gasteiger partial charge is 0.493 e. The van der Waals surface area contributed by atoms with Gasteiger partial charge >= 0.3 is 5.97 Å². The van der Waals surface area contributed by atoms with Gasteiger partial charge in [-0.1, -0.05) is 35.3 Å². The summed E-state index contributed by atoms with van der Waals surface area (Å²) in [7, 11) is 1.48. The highest BCUT2D eigenvalue weighted by Gasteiger charge is 2.14. The van der Waals surface area contributed by atoms with Crippen LogP contribution in [0.2, 0.25) is 10.0 Å². The van der Waals surface area contributed by atoms with Crippen molar-refractivity contribution in [3.8, 4) is 11.5 Å². The number of nitrogens with zero attached hydrogens (tertiary/aromatic N) is 1. The number of anilines is 1. The van der Waals surface area contributed by atoms with Crippen molar-refractivity contribution in [2.24, 2.45) is 5.10 Å². The van der Waals surface area contributed by atoms with E-state index in [2.05, 4.69) is 15.8 Å². The predicted molar refractivity (Wildman–Crippen MR) is 133 cm³/mol. The van der Waals surface area contributed by atoms with Gasteiger partial charge in [-0.15, -0.1) is 0 Å². The summed E-state index contributed by atoms with van der Waals surface area (Å²) >= 11 is 17.1. The number of rotatable bonds is 6. The van der Waals surface area contributed by atoms with Crippen LogP contribution in [0.1, 0.15) is 21.5 Å². The van der Waals surface area contributed by atoms with Gasteiger partial charge in [0.15, 0.2) is 16.6 Å². The molecule has 0 aliphatic carbocycles. The average molecular weight is 488 g/mol. The summed E-state index contributed by atoms with van der Waals surface area (Å²) in [4.78, 5) is 12.4. The van der Waals surface area contributed by atoms with Crippen LogP contribution in [0.3, 0.4) is 0 Å². The SMILES string of the molecule is COc1cc(C=NNC(=S)Nc2cccc(C)c2)ccc1OC(=O)c1ccc(Cl)c(Cl)c1. The number of carbonyl (C=O) groups excluding carboxylic acids is 1. The summed E-state index contributed by atoms with van der Waals surface area (Å²) in [6.45, 7) is 2.00. The van der Waals surface area contributed by atoms with Crippen LogP contribution in [-0.4, -0.2) is 24.4 Å². The molecule has 9 heteroatoms. The maximum absolute atomic E-state index is 12.4. The Balaban J connectivity index is 1.63. The van der Waals surface area contributed by atoms with Crippen LogP contribution in [0.25, 0.3) is 0 Å². The lowest BCUT2D eigenvalue weighted by atomic mass is 10.2. The van der Waals surface area contributed by atoms with E-state index in [1.807, 2.05) is 31.2 Å². The molecule has 2 N–H and O–H groups in total. The number of hydrogen-bond donors (Lipinski definition) is 2. The van der Waals surface area contributed by atoms with Crippen molar-refractivity contribution >= 4 is 58.4 Å². The molecule has 0 spiro atoms. The normalized spacial score (nSPS) is 10.6. The number of benzene rings is 3. The zero-order valence-corrected chi connectivity index (χ0v) is 19.5. The Labute approximate surface area is 201 Å². The third-order valence-corrected chi connectivity index (χ3v) is 5.13. The Kier molecular flexibility index (Phi) is 8.05. The zero-order chi connectivity index (χ0) is 23.1. The first-order valence-electron chi connectivity index (χ1n) is 9.37. The van der Waals surface area contributed by atoms with Crippen molar-refractivity contribution in [2.45, 2.75) is 6.92 Å². The molecule has 164 valence electrons. The Morgan fingerprint density at radius 1 is 1.03 bits per heavy atom. The second-order valence-electron chi connectivity index (χ2n) is 6.62. The molecule has 0 atom stereocenters. The molecule has 0 amide bonds. The van der Waals surface area contributed by atoms with Gasteiger partial charge in [-0.2, -0.15) is 5.10 Å². The summed E-state index contributed by atoms with van der Waals surface area (Å²) in [5.41, 5.74) is 5.72. The minimum absolute atomic E-state index is 0.255. The molecule has 0 saturated heterocycles. The van der Waals surface area contributed by atoms with Crippen molar-refractivity contribution < 1.29 is 14.3 Å². The second kappa shape index (κ2) is 10.9. The molecular formula is C23H19Cl2N3O3S. The van der Waals surface area contributed by atoms with Crippen molar-refractivity contribution in [1.29, 1.82) is 0 Å². The molecule has 0 heterocycles. The molecule has 0 radical (unpaired) electrons. The van der Waals surface area contributed by atoms with Crippen LogP contribution in [-0.2, 0) is 0 Å². The van der Waals surface area contributed by atoms with Gasteiger partial charge in [0.05, 0.1) is 28.9 Å². The lowest BCUT2D eigenvalue weighted by Gasteiger charge is -2.10. The highest BCUT2D eigenvalue weighted by atomic mass is 35.5. The smallest absolute Gasteiger partial charge is 0.343 e. The lowest BCUT2D eigenvalue weighted by molar-refractivity contribution is 0.0729. The first-order chi connectivity index (χ1) is 15.4. The van der Waals surface area contributed by atoms with Crippen molar-refractivity contribution in [3.05, 3.63) is 87.4 Å². The summed E-state index contributed by atoms with van der Waals surface area (Å²) in [6.07, 6.45) is 1.57. The van der Waals surface area contributed by atoms with Gasteiger partial charge in [0.2, 0.25) is 0 Å². The number of nitrogens with one attached hydrogen (secondary N) is 2. The fourth-order valence-corrected chi connectivity index (χ4v) is 3.15. The zero-order valence-electron chi connectivity index (χ0n) is 17.2. The summed E-state index contributed by atoms with van der Waals surface area (Å²) < 4.78 is 10.8. The first kappa shape index (κ1) is 23.5. The van der Waals surface area contributed by atoms with Gasteiger partial charge in [0, 0.05) is 5.69 Å². The molecular weight excluding hydrogens is 469 g/mol. The maximum Gasteiger partial charge on any atom is 0.343 e. The number of methoxy groups -OCH3 is 1. The van der Waals surface area contributed by atoms with Crippen LogP contribution in [0.15, 0.2) is 65.8 Å². The third-order valence-electron chi connectivity index (χ3n) is 4.20. The van der Waals surface area contributed by atoms with Gasteiger partial charge in [-0.25, -0.2) is 4.79 Å². The minimum Gasteiger partial charge on any atom is -0.493 e. The number of esters is 1. The molecule has 6 nitrogen and oxygen atoms in total. The highest BCUT2D eigenvalue weighted by Crippen LogP contribution is 2.29. The fourth-order valence-electron chi connectivity index (χ4n) is 2.68. The maximum atomic E-state index is 12.4. The van der Waals surface area contributed by atoms with Crippen LogP contribution in [0.5, 0.6) is 11.5 Å². The van der Waals surface area contributed by atoms with E-state index >= 15 is 0 Å². The van der Waals surface area contributed by atoms with Gasteiger partial charge in [0.1, 0.15) is 0 Å². The van der Waals surface area contributed by atoms with E-state index < -0.39 is 5.97 Å². The van der Waals surface area contributed by atoms with Crippen molar-refractivity contribution in [2.75, 3.05) is 12.4 Å². The summed E-state index contributed by atoms with van der Waals surface area (Å²) in [5.74, 6) is 0.0330. The second-order valence-corrected chi connectivity index (χ2v) is 7.84. The van der Waals surface area contributed by atoms with Gasteiger partial charge in [-0.05, 0) is 78.8 Å². The first-order valence-corrected chi connectivity index (χ1v) is 10.5. The van der Waals surface area contributed by atoms with E-state index in [4.69, 9.17) is 44.9 Å². The molecule has 0 unspecified atom stereocenters. The van der Waals surface area contributed by atoms with E-state index in [0.29, 0.717) is 21.4 Å². The van der Waals surface area contributed by atoms with E-state index in [9.17, 15) is 4.79 Å². The molecule has 0 aromatic heterocycles. The fraction of sp³-hybridized carbons (Fsp3) is 0.0870. The van der Waals surface area contributed by atoms with Crippen LogP contribution in [0.4, 0.5) is 5.69 Å². The number of carbonyl (C=O) groups is 1. The van der Waals surface area contributed by atoms with E-state index in [1.165, 1.54) is 25.3 Å². The summed E-state index contributed by atoms with van der Waals surface area (Å²) in [6, 6.07) is 17.3. The molecule has 0 fully saturated rings. The Morgan fingerprint density at radius 2 is 1.84 bits per heavy atom. The quantitative estimate of drug-likeness (QED) is 0.149. The molecule has 32 heavy (non-hydrogen) atoms. The number of thiocarbonyl (C=S) groups is 1. The Bertz CT molecular complexity index is 1180. The highest BCUT2D eigenvalue weighted by molar-refractivity contribution is 7.80. The number of hydrazone groups is 1. The Morgan fingerprint density at radius 3 is 2.56 bits per heavy atom. The van der Waals surface area contributed by atoms with E-state index in [1.54, 1.807) is 24.4 Å². The number of aryl methyl sites for hydroxylation is 1. The van der Waals surface area contributed by atoms with Crippen molar-refractivity contribution in [1.82, 2.24) is 5.43 Å². The molecule has 0 bridgehead atoms. The topological polar surface area (TPSA) is 71.9 Å². The molecule has 0 aliphatic heterocycles. The van der Waals surface area contributed by atoms with Crippen LogP contribution >= 0.6 is 35.4 Å². The number of halogens is 2. The van der Waals surface area contributed by atoms with Crippen LogP contribution < -0.4 is 20.2 Å². The van der Waals surface area contributed by atoms with E-state index in [0.717, 1.165) is 11.3 Å². The minimum atomic E-state index is -0.586.